The van der Waals surface area contributed by atoms with Crippen molar-refractivity contribution in [2.75, 3.05) is 11.9 Å². The summed E-state index contributed by atoms with van der Waals surface area (Å²) in [5.41, 5.74) is 5.64. The van der Waals surface area contributed by atoms with Crippen LogP contribution in [0.3, 0.4) is 0 Å². The zero-order valence-electron chi connectivity index (χ0n) is 9.55. The molecule has 0 radical (unpaired) electrons. The second kappa shape index (κ2) is 5.79. The minimum Gasteiger partial charge on any atom is -0.362 e. The highest BCUT2D eigenvalue weighted by Crippen LogP contribution is 2.15. The lowest BCUT2D eigenvalue weighted by atomic mass is 10.3. The van der Waals surface area contributed by atoms with E-state index in [4.69, 9.17) is 17.3 Å². The van der Waals surface area contributed by atoms with E-state index in [9.17, 15) is 4.39 Å². The molecule has 0 bridgehead atoms. The molecule has 0 saturated carbocycles. The number of anilines is 1. The number of rotatable bonds is 5. The Morgan fingerprint density at radius 2 is 2.33 bits per heavy atom. The summed E-state index contributed by atoms with van der Waals surface area (Å²) in [6, 6.07) is 4.29. The molecule has 0 saturated heterocycles. The van der Waals surface area contributed by atoms with Crippen molar-refractivity contribution in [1.29, 1.82) is 0 Å². The monoisotopic (exact) mass is 269 g/mol. The van der Waals surface area contributed by atoms with Gasteiger partial charge in [0, 0.05) is 18.9 Å². The predicted molar refractivity (Wildman–Crippen MR) is 67.9 cm³/mol. The number of nitrogens with zero attached hydrogens (tertiary/aromatic N) is 3. The van der Waals surface area contributed by atoms with E-state index in [2.05, 4.69) is 15.4 Å². The molecule has 1 atom stereocenters. The summed E-state index contributed by atoms with van der Waals surface area (Å²) in [6.45, 7) is 0.852. The summed E-state index contributed by atoms with van der Waals surface area (Å²) >= 11 is 5.72. The minimum absolute atomic E-state index is 0.102. The Labute approximate surface area is 109 Å². The number of nitrogens with one attached hydrogen (secondary N) is 1. The first kappa shape index (κ1) is 12.8. The van der Waals surface area contributed by atoms with Gasteiger partial charge in [0.2, 0.25) is 0 Å². The second-order valence-corrected chi connectivity index (χ2v) is 4.16. The molecule has 0 fully saturated rings. The highest BCUT2D eigenvalue weighted by molar-refractivity contribution is 6.29. The van der Waals surface area contributed by atoms with E-state index in [1.54, 1.807) is 10.9 Å². The van der Waals surface area contributed by atoms with Crippen molar-refractivity contribution in [3.8, 4) is 0 Å². The lowest BCUT2D eigenvalue weighted by molar-refractivity contribution is 0.533. The van der Waals surface area contributed by atoms with Crippen molar-refractivity contribution in [3.63, 3.8) is 0 Å². The molecule has 7 heteroatoms. The van der Waals surface area contributed by atoms with Crippen LogP contribution in [0, 0.1) is 5.82 Å². The second-order valence-electron chi connectivity index (χ2n) is 3.77. The third-order valence-electron chi connectivity index (χ3n) is 2.40. The fourth-order valence-electron chi connectivity index (χ4n) is 1.53. The molecule has 2 rings (SSSR count). The number of hydrogen-bond acceptors (Lipinski definition) is 4. The Hall–Kier alpha value is -1.66. The van der Waals surface area contributed by atoms with Crippen LogP contribution in [0.25, 0.3) is 0 Å². The van der Waals surface area contributed by atoms with Crippen LogP contribution < -0.4 is 11.1 Å². The Morgan fingerprint density at radius 1 is 1.50 bits per heavy atom. The van der Waals surface area contributed by atoms with E-state index in [0.717, 1.165) is 0 Å². The van der Waals surface area contributed by atoms with Gasteiger partial charge in [-0.25, -0.2) is 9.37 Å². The van der Waals surface area contributed by atoms with E-state index in [0.29, 0.717) is 13.1 Å². The molecule has 0 aromatic carbocycles. The van der Waals surface area contributed by atoms with Crippen LogP contribution in [-0.2, 0) is 6.54 Å². The van der Waals surface area contributed by atoms with E-state index >= 15 is 0 Å². The first-order valence-electron chi connectivity index (χ1n) is 5.45. The van der Waals surface area contributed by atoms with E-state index < -0.39 is 5.82 Å². The third kappa shape index (κ3) is 3.18. The normalized spacial score (nSPS) is 12.4. The van der Waals surface area contributed by atoms with Crippen LogP contribution in [0.5, 0.6) is 0 Å². The molecular weight excluding hydrogens is 257 g/mol. The van der Waals surface area contributed by atoms with Gasteiger partial charge in [0.1, 0.15) is 5.15 Å². The van der Waals surface area contributed by atoms with Crippen LogP contribution >= 0.6 is 11.6 Å². The standard InChI is InChI=1S/C11H13ClFN5/c12-10-3-2-9(13)11(17-10)16-8(6-14)7-18-5-1-4-15-18/h1-5,8H,6-7,14H2,(H,16,17). The summed E-state index contributed by atoms with van der Waals surface area (Å²) in [4.78, 5) is 3.88. The minimum atomic E-state index is -0.460. The molecule has 18 heavy (non-hydrogen) atoms. The highest BCUT2D eigenvalue weighted by Gasteiger charge is 2.12. The van der Waals surface area contributed by atoms with Gasteiger partial charge < -0.3 is 11.1 Å². The SMILES string of the molecule is NCC(Cn1cccn1)Nc1nc(Cl)ccc1F. The molecule has 2 heterocycles. The number of halogens is 2. The maximum absolute atomic E-state index is 13.5. The van der Waals surface area contributed by atoms with Gasteiger partial charge in [-0.3, -0.25) is 4.68 Å². The zero-order chi connectivity index (χ0) is 13.0. The van der Waals surface area contributed by atoms with Crippen LogP contribution in [0.15, 0.2) is 30.6 Å². The van der Waals surface area contributed by atoms with Gasteiger partial charge in [0.25, 0.3) is 0 Å². The van der Waals surface area contributed by atoms with Crippen molar-refractivity contribution in [3.05, 3.63) is 41.6 Å². The average Bonchev–Trinajstić information content (AvgIpc) is 2.85. The fraction of sp³-hybridized carbons (Fsp3) is 0.273. The van der Waals surface area contributed by atoms with Crippen molar-refractivity contribution < 1.29 is 4.39 Å². The number of aromatic nitrogens is 3. The Balaban J connectivity index is 2.07. The maximum Gasteiger partial charge on any atom is 0.165 e. The largest absolute Gasteiger partial charge is 0.362 e. The molecule has 0 spiro atoms. The molecule has 0 aliphatic heterocycles. The molecule has 0 aliphatic rings. The molecule has 0 amide bonds. The average molecular weight is 270 g/mol. The van der Waals surface area contributed by atoms with Crippen molar-refractivity contribution in [2.45, 2.75) is 12.6 Å². The van der Waals surface area contributed by atoms with Gasteiger partial charge in [-0.05, 0) is 18.2 Å². The zero-order valence-corrected chi connectivity index (χ0v) is 10.3. The number of pyridine rings is 1. The van der Waals surface area contributed by atoms with Gasteiger partial charge in [-0.2, -0.15) is 5.10 Å². The van der Waals surface area contributed by atoms with Gasteiger partial charge in [-0.1, -0.05) is 11.6 Å². The Morgan fingerprint density at radius 3 is 3.00 bits per heavy atom. The fourth-order valence-corrected chi connectivity index (χ4v) is 1.67. The summed E-state index contributed by atoms with van der Waals surface area (Å²) < 4.78 is 15.2. The van der Waals surface area contributed by atoms with Crippen molar-refractivity contribution >= 4 is 17.4 Å². The van der Waals surface area contributed by atoms with E-state index in [1.807, 2.05) is 12.3 Å². The molecule has 5 nitrogen and oxygen atoms in total. The van der Waals surface area contributed by atoms with Gasteiger partial charge in [0.05, 0.1) is 12.6 Å². The van der Waals surface area contributed by atoms with Crippen molar-refractivity contribution in [1.82, 2.24) is 14.8 Å². The van der Waals surface area contributed by atoms with Crippen LogP contribution in [0.4, 0.5) is 10.2 Å². The summed E-state index contributed by atoms with van der Waals surface area (Å²) in [7, 11) is 0. The van der Waals surface area contributed by atoms with Crippen LogP contribution in [0.2, 0.25) is 5.15 Å². The quantitative estimate of drug-likeness (QED) is 0.808. The van der Waals surface area contributed by atoms with Crippen LogP contribution in [-0.4, -0.2) is 27.4 Å². The maximum atomic E-state index is 13.5. The predicted octanol–water partition coefficient (Wildman–Crippen LogP) is 1.51. The van der Waals surface area contributed by atoms with Gasteiger partial charge >= 0.3 is 0 Å². The first-order valence-corrected chi connectivity index (χ1v) is 5.83. The smallest absolute Gasteiger partial charge is 0.165 e. The lowest BCUT2D eigenvalue weighted by Crippen LogP contribution is -2.34. The molecular formula is C11H13ClFN5. The first-order chi connectivity index (χ1) is 8.69. The Bertz CT molecular complexity index is 502. The van der Waals surface area contributed by atoms with E-state index in [1.165, 1.54) is 12.1 Å². The summed E-state index contributed by atoms with van der Waals surface area (Å²) in [5.74, 6) is -0.358. The molecule has 0 aliphatic carbocycles. The van der Waals surface area contributed by atoms with Crippen LogP contribution in [0.1, 0.15) is 0 Å². The molecule has 3 N–H and O–H groups in total. The van der Waals surface area contributed by atoms with Gasteiger partial charge in [0.15, 0.2) is 11.6 Å². The van der Waals surface area contributed by atoms with E-state index in [-0.39, 0.29) is 17.0 Å². The summed E-state index contributed by atoms with van der Waals surface area (Å²) in [5, 5.41) is 7.22. The summed E-state index contributed by atoms with van der Waals surface area (Å²) in [6.07, 6.45) is 3.48. The topological polar surface area (TPSA) is 68.8 Å². The highest BCUT2D eigenvalue weighted by atomic mass is 35.5. The Kier molecular flexibility index (Phi) is 4.11. The van der Waals surface area contributed by atoms with Gasteiger partial charge in [-0.15, -0.1) is 0 Å². The number of nitrogens with two attached hydrogens (primary N) is 1. The molecule has 2 aromatic rings. The molecule has 1 unspecified atom stereocenters. The molecule has 96 valence electrons. The number of hydrogen-bond donors (Lipinski definition) is 2. The lowest BCUT2D eigenvalue weighted by Gasteiger charge is -2.17. The van der Waals surface area contributed by atoms with Crippen molar-refractivity contribution in [2.24, 2.45) is 5.73 Å². The third-order valence-corrected chi connectivity index (χ3v) is 2.61. The molecule has 2 aromatic heterocycles.